The minimum absolute atomic E-state index is 0.0454. The number of thiophene rings is 1. The Balaban J connectivity index is 2.16. The van der Waals surface area contributed by atoms with Crippen LogP contribution in [0, 0.1) is 10.1 Å². The Morgan fingerprint density at radius 3 is 2.59 bits per heavy atom. The number of rotatable bonds is 5. The lowest BCUT2D eigenvalue weighted by atomic mass is 10.3. The van der Waals surface area contributed by atoms with Crippen molar-refractivity contribution < 1.29 is 27.7 Å². The summed E-state index contributed by atoms with van der Waals surface area (Å²) in [7, 11) is -2.75. The van der Waals surface area contributed by atoms with E-state index in [4.69, 9.17) is 5.14 Å². The zero-order chi connectivity index (χ0) is 21.3. The predicted octanol–water partition coefficient (Wildman–Crippen LogP) is 1.23. The SMILES string of the molecule is COC(=O)Cn1c(=NC(=O)c2ccc([N+](=O)[O-])s2)sc2cc(S(N)(=O)=O)ccc21. The molecule has 0 unspecified atom stereocenters. The summed E-state index contributed by atoms with van der Waals surface area (Å²) in [4.78, 5) is 38.4. The molecule has 152 valence electrons. The predicted molar refractivity (Wildman–Crippen MR) is 104 cm³/mol. The van der Waals surface area contributed by atoms with Crippen LogP contribution in [0.4, 0.5) is 5.00 Å². The normalized spacial score (nSPS) is 12.3. The number of methoxy groups -OCH3 is 1. The number of fused-ring (bicyclic) bond motifs is 1. The lowest BCUT2D eigenvalue weighted by Crippen LogP contribution is -2.22. The first-order valence-corrected chi connectivity index (χ1v) is 10.8. The summed E-state index contributed by atoms with van der Waals surface area (Å²) in [5.41, 5.74) is 0.441. The quantitative estimate of drug-likeness (QED) is 0.343. The third kappa shape index (κ3) is 4.40. The average Bonchev–Trinajstić information content (AvgIpc) is 3.26. The highest BCUT2D eigenvalue weighted by molar-refractivity contribution is 7.89. The summed E-state index contributed by atoms with van der Waals surface area (Å²) in [6.45, 7) is -0.276. The molecule has 1 aromatic carbocycles. The molecule has 3 aromatic rings. The van der Waals surface area contributed by atoms with Crippen LogP contribution in [0.25, 0.3) is 10.2 Å². The second-order valence-corrected chi connectivity index (χ2v) is 9.17. The van der Waals surface area contributed by atoms with Crippen molar-refractivity contribution in [1.29, 1.82) is 0 Å². The van der Waals surface area contributed by atoms with Gasteiger partial charge in [0.05, 0.1) is 27.1 Å². The smallest absolute Gasteiger partial charge is 0.325 e. The van der Waals surface area contributed by atoms with E-state index in [2.05, 4.69) is 9.73 Å². The van der Waals surface area contributed by atoms with Crippen molar-refractivity contribution in [3.05, 3.63) is 50.1 Å². The van der Waals surface area contributed by atoms with E-state index in [9.17, 15) is 28.1 Å². The molecule has 14 heteroatoms. The zero-order valence-corrected chi connectivity index (χ0v) is 17.0. The number of nitrogens with zero attached hydrogens (tertiary/aromatic N) is 3. The van der Waals surface area contributed by atoms with E-state index in [1.165, 1.54) is 42.0 Å². The van der Waals surface area contributed by atoms with Gasteiger partial charge < -0.3 is 9.30 Å². The Hall–Kier alpha value is -2.94. The van der Waals surface area contributed by atoms with Gasteiger partial charge in [0.1, 0.15) is 11.4 Å². The van der Waals surface area contributed by atoms with Crippen LogP contribution >= 0.6 is 22.7 Å². The second-order valence-electron chi connectivity index (χ2n) is 5.53. The van der Waals surface area contributed by atoms with Gasteiger partial charge >= 0.3 is 11.0 Å². The summed E-state index contributed by atoms with van der Waals surface area (Å²) in [6, 6.07) is 6.49. The number of esters is 1. The summed E-state index contributed by atoms with van der Waals surface area (Å²) in [5.74, 6) is -1.35. The molecule has 0 aliphatic carbocycles. The molecule has 0 fully saturated rings. The molecule has 0 aliphatic heterocycles. The minimum atomic E-state index is -3.95. The fraction of sp³-hybridized carbons (Fsp3) is 0.133. The van der Waals surface area contributed by atoms with E-state index >= 15 is 0 Å². The summed E-state index contributed by atoms with van der Waals surface area (Å²) in [6.07, 6.45) is 0. The molecule has 1 amide bonds. The van der Waals surface area contributed by atoms with Crippen molar-refractivity contribution in [1.82, 2.24) is 4.57 Å². The fourth-order valence-corrected chi connectivity index (χ4v) is 4.73. The van der Waals surface area contributed by atoms with Gasteiger partial charge in [-0.05, 0) is 24.3 Å². The number of thiazole rings is 1. The number of hydrogen-bond acceptors (Lipinski definition) is 9. The van der Waals surface area contributed by atoms with Gasteiger partial charge in [-0.3, -0.25) is 19.7 Å². The molecular formula is C15H12N4O7S3. The van der Waals surface area contributed by atoms with Gasteiger partial charge in [-0.15, -0.1) is 0 Å². The Bertz CT molecular complexity index is 1320. The molecule has 2 aromatic heterocycles. The van der Waals surface area contributed by atoms with Crippen molar-refractivity contribution >= 4 is 59.8 Å². The molecule has 0 aliphatic rings. The first-order chi connectivity index (χ1) is 13.6. The van der Waals surface area contributed by atoms with Gasteiger partial charge in [0.25, 0.3) is 5.91 Å². The molecule has 2 heterocycles. The van der Waals surface area contributed by atoms with Gasteiger partial charge in [-0.25, -0.2) is 13.6 Å². The lowest BCUT2D eigenvalue weighted by Gasteiger charge is -2.04. The number of aromatic nitrogens is 1. The maximum atomic E-state index is 12.4. The number of amides is 1. The van der Waals surface area contributed by atoms with Crippen LogP contribution in [0.1, 0.15) is 9.67 Å². The van der Waals surface area contributed by atoms with Crippen molar-refractivity contribution in [2.45, 2.75) is 11.4 Å². The van der Waals surface area contributed by atoms with E-state index in [1.807, 2.05) is 0 Å². The number of primary sulfonamides is 1. The summed E-state index contributed by atoms with van der Waals surface area (Å²) in [5, 5.41) is 15.7. The van der Waals surface area contributed by atoms with E-state index in [0.29, 0.717) is 21.6 Å². The van der Waals surface area contributed by atoms with E-state index in [-0.39, 0.29) is 26.1 Å². The highest BCUT2D eigenvalue weighted by atomic mass is 32.2. The van der Waals surface area contributed by atoms with Crippen molar-refractivity contribution in [3.8, 4) is 0 Å². The van der Waals surface area contributed by atoms with Crippen LogP contribution in [-0.4, -0.2) is 36.9 Å². The van der Waals surface area contributed by atoms with Gasteiger partial charge in [0.15, 0.2) is 4.80 Å². The number of carbonyl (C=O) groups is 2. The standard InChI is InChI=1S/C15H12N4O7S3/c1-26-13(20)7-18-9-3-2-8(29(16,24)25)6-11(9)28-15(18)17-14(21)10-4-5-12(27-10)19(22)23/h2-6H,7H2,1H3,(H2,16,24,25). The number of hydrogen-bond donors (Lipinski definition) is 1. The number of sulfonamides is 1. The third-order valence-corrected chi connectivity index (χ3v) is 6.65. The molecule has 0 bridgehead atoms. The monoisotopic (exact) mass is 456 g/mol. The second kappa shape index (κ2) is 7.82. The first kappa shape index (κ1) is 20.8. The topological polar surface area (TPSA) is 164 Å². The summed E-state index contributed by atoms with van der Waals surface area (Å²) < 4.78 is 29.6. The van der Waals surface area contributed by atoms with Crippen molar-refractivity contribution in [2.24, 2.45) is 10.1 Å². The Morgan fingerprint density at radius 2 is 2.00 bits per heavy atom. The number of nitrogens with two attached hydrogens (primary N) is 1. The van der Waals surface area contributed by atoms with E-state index in [0.717, 1.165) is 11.3 Å². The zero-order valence-electron chi connectivity index (χ0n) is 14.6. The Morgan fingerprint density at radius 1 is 1.28 bits per heavy atom. The molecule has 11 nitrogen and oxygen atoms in total. The maximum Gasteiger partial charge on any atom is 0.325 e. The molecule has 2 N–H and O–H groups in total. The molecule has 0 saturated heterocycles. The van der Waals surface area contributed by atoms with E-state index in [1.54, 1.807) is 0 Å². The van der Waals surface area contributed by atoms with Crippen molar-refractivity contribution in [2.75, 3.05) is 7.11 Å². The van der Waals surface area contributed by atoms with Gasteiger partial charge in [0.2, 0.25) is 10.0 Å². The van der Waals surface area contributed by atoms with Crippen molar-refractivity contribution in [3.63, 3.8) is 0 Å². The van der Waals surface area contributed by atoms with Crippen LogP contribution < -0.4 is 9.94 Å². The molecule has 29 heavy (non-hydrogen) atoms. The maximum absolute atomic E-state index is 12.4. The number of nitro groups is 1. The highest BCUT2D eigenvalue weighted by Gasteiger charge is 2.18. The number of benzene rings is 1. The van der Waals surface area contributed by atoms with Crippen LogP contribution in [0.15, 0.2) is 40.2 Å². The highest BCUT2D eigenvalue weighted by Crippen LogP contribution is 2.25. The third-order valence-electron chi connectivity index (χ3n) is 3.68. The van der Waals surface area contributed by atoms with E-state index < -0.39 is 26.8 Å². The largest absolute Gasteiger partial charge is 0.468 e. The molecule has 0 spiro atoms. The van der Waals surface area contributed by atoms with Crippen LogP contribution in [0.3, 0.4) is 0 Å². The molecule has 0 radical (unpaired) electrons. The van der Waals surface area contributed by atoms with Crippen LogP contribution in [0.2, 0.25) is 0 Å². The molecule has 0 saturated carbocycles. The fourth-order valence-electron chi connectivity index (χ4n) is 2.34. The van der Waals surface area contributed by atoms with Crippen LogP contribution in [-0.2, 0) is 26.1 Å². The Kier molecular flexibility index (Phi) is 5.61. The Labute approximate surface area is 170 Å². The van der Waals surface area contributed by atoms with Gasteiger partial charge in [0, 0.05) is 6.07 Å². The number of ether oxygens (including phenoxy) is 1. The lowest BCUT2D eigenvalue weighted by molar-refractivity contribution is -0.380. The number of carbonyl (C=O) groups excluding carboxylic acids is 2. The first-order valence-electron chi connectivity index (χ1n) is 7.66. The average molecular weight is 456 g/mol. The molecule has 0 atom stereocenters. The molecular weight excluding hydrogens is 444 g/mol. The van der Waals surface area contributed by atoms with Gasteiger partial charge in [-0.2, -0.15) is 4.99 Å². The molecule has 3 rings (SSSR count). The van der Waals surface area contributed by atoms with Gasteiger partial charge in [-0.1, -0.05) is 22.7 Å². The van der Waals surface area contributed by atoms with Crippen LogP contribution in [0.5, 0.6) is 0 Å². The minimum Gasteiger partial charge on any atom is -0.468 e. The summed E-state index contributed by atoms with van der Waals surface area (Å²) >= 11 is 1.63.